The van der Waals surface area contributed by atoms with Gasteiger partial charge in [-0.05, 0) is 50.0 Å². The van der Waals surface area contributed by atoms with Crippen molar-refractivity contribution in [3.05, 3.63) is 29.8 Å². The molecule has 2 unspecified atom stereocenters. The third kappa shape index (κ3) is 8.13. The summed E-state index contributed by atoms with van der Waals surface area (Å²) in [4.78, 5) is 6.81. The minimum atomic E-state index is 0.239. The first-order valence-electron chi connectivity index (χ1n) is 11.2. The number of hydrogen-bond acceptors (Lipinski definition) is 5. The summed E-state index contributed by atoms with van der Waals surface area (Å²) in [5, 5.41) is 6.87. The minimum Gasteiger partial charge on any atom is -0.497 e. The van der Waals surface area contributed by atoms with Crippen molar-refractivity contribution in [2.45, 2.75) is 45.3 Å². The van der Waals surface area contributed by atoms with Crippen LogP contribution in [0.4, 0.5) is 0 Å². The summed E-state index contributed by atoms with van der Waals surface area (Å²) in [5.74, 6) is 1.70. The SMILES string of the molecule is CCN(CC)C(CNC(=NC)NCCCOCC1CCCO1)c1cccc(OC)c1. The second-order valence-corrected chi connectivity index (χ2v) is 7.46. The van der Waals surface area contributed by atoms with Gasteiger partial charge in [-0.3, -0.25) is 9.89 Å². The molecule has 0 radical (unpaired) electrons. The molecule has 0 saturated carbocycles. The Hall–Kier alpha value is -1.83. The summed E-state index contributed by atoms with van der Waals surface area (Å²) in [5.41, 5.74) is 1.24. The standard InChI is InChI=1S/C23H40N4O3/c1-5-27(6-2)22(19-10-7-11-20(16-19)28-4)17-26-23(24-3)25-13-9-14-29-18-21-12-8-15-30-21/h7,10-11,16,21-22H,5-6,8-9,12-15,17-18H2,1-4H3,(H2,24,25,26). The minimum absolute atomic E-state index is 0.239. The van der Waals surface area contributed by atoms with Gasteiger partial charge in [0.15, 0.2) is 5.96 Å². The highest BCUT2D eigenvalue weighted by Gasteiger charge is 2.19. The molecule has 0 aromatic heterocycles. The van der Waals surface area contributed by atoms with Crippen molar-refractivity contribution >= 4 is 5.96 Å². The zero-order valence-corrected chi connectivity index (χ0v) is 19.2. The zero-order valence-electron chi connectivity index (χ0n) is 19.2. The highest BCUT2D eigenvalue weighted by atomic mass is 16.5. The van der Waals surface area contributed by atoms with Gasteiger partial charge in [-0.15, -0.1) is 0 Å². The van der Waals surface area contributed by atoms with Gasteiger partial charge in [0.2, 0.25) is 0 Å². The van der Waals surface area contributed by atoms with E-state index in [4.69, 9.17) is 14.2 Å². The third-order valence-corrected chi connectivity index (χ3v) is 5.50. The molecule has 0 amide bonds. The van der Waals surface area contributed by atoms with Crippen molar-refractivity contribution in [3.63, 3.8) is 0 Å². The van der Waals surface area contributed by atoms with Crippen molar-refractivity contribution in [1.29, 1.82) is 0 Å². The Morgan fingerprint density at radius 2 is 2.13 bits per heavy atom. The van der Waals surface area contributed by atoms with Gasteiger partial charge in [0, 0.05) is 33.4 Å². The number of nitrogens with one attached hydrogen (secondary N) is 2. The van der Waals surface area contributed by atoms with Gasteiger partial charge >= 0.3 is 0 Å². The Morgan fingerprint density at radius 1 is 1.30 bits per heavy atom. The van der Waals surface area contributed by atoms with Crippen molar-refractivity contribution in [2.75, 3.05) is 60.2 Å². The number of ether oxygens (including phenoxy) is 3. The second kappa shape index (κ2) is 14.2. The second-order valence-electron chi connectivity index (χ2n) is 7.46. The molecule has 7 nitrogen and oxygen atoms in total. The number of likely N-dealkylation sites (N-methyl/N-ethyl adjacent to an activating group) is 1. The molecular formula is C23H40N4O3. The van der Waals surface area contributed by atoms with E-state index in [1.54, 1.807) is 14.2 Å². The zero-order chi connectivity index (χ0) is 21.6. The molecule has 1 aromatic carbocycles. The molecule has 1 aromatic rings. The lowest BCUT2D eigenvalue weighted by molar-refractivity contribution is 0.0168. The van der Waals surface area contributed by atoms with Gasteiger partial charge in [-0.2, -0.15) is 0 Å². The number of guanidine groups is 1. The third-order valence-electron chi connectivity index (χ3n) is 5.50. The van der Waals surface area contributed by atoms with Gasteiger partial charge in [0.05, 0.1) is 25.9 Å². The van der Waals surface area contributed by atoms with Gasteiger partial charge in [-0.25, -0.2) is 0 Å². The van der Waals surface area contributed by atoms with Crippen molar-refractivity contribution < 1.29 is 14.2 Å². The van der Waals surface area contributed by atoms with Gasteiger partial charge in [0.25, 0.3) is 0 Å². The first kappa shape index (κ1) is 24.4. The quantitative estimate of drug-likeness (QED) is 0.291. The van der Waals surface area contributed by atoms with Crippen LogP contribution >= 0.6 is 0 Å². The van der Waals surface area contributed by atoms with Crippen molar-refractivity contribution in [2.24, 2.45) is 4.99 Å². The summed E-state index contributed by atoms with van der Waals surface area (Å²) in [6, 6.07) is 8.55. The van der Waals surface area contributed by atoms with Crippen LogP contribution in [-0.4, -0.2) is 77.1 Å². The van der Waals surface area contributed by atoms with E-state index >= 15 is 0 Å². The monoisotopic (exact) mass is 420 g/mol. The van der Waals surface area contributed by atoms with Crippen LogP contribution in [0.3, 0.4) is 0 Å². The van der Waals surface area contributed by atoms with Crippen LogP contribution in [0.2, 0.25) is 0 Å². The summed E-state index contributed by atoms with van der Waals surface area (Å²) in [7, 11) is 3.52. The Morgan fingerprint density at radius 3 is 2.80 bits per heavy atom. The Bertz CT molecular complexity index is 616. The molecular weight excluding hydrogens is 380 g/mol. The van der Waals surface area contributed by atoms with Crippen molar-refractivity contribution in [3.8, 4) is 5.75 Å². The molecule has 2 atom stereocenters. The number of nitrogens with zero attached hydrogens (tertiary/aromatic N) is 2. The van der Waals surface area contributed by atoms with E-state index < -0.39 is 0 Å². The average molecular weight is 421 g/mol. The van der Waals surface area contributed by atoms with Crippen LogP contribution in [0, 0.1) is 0 Å². The fraction of sp³-hybridized carbons (Fsp3) is 0.696. The molecule has 30 heavy (non-hydrogen) atoms. The molecule has 0 spiro atoms. The number of rotatable bonds is 13. The molecule has 1 aliphatic heterocycles. The fourth-order valence-electron chi connectivity index (χ4n) is 3.76. The van der Waals surface area contributed by atoms with Crippen molar-refractivity contribution in [1.82, 2.24) is 15.5 Å². The van der Waals surface area contributed by atoms with Gasteiger partial charge < -0.3 is 24.8 Å². The maximum absolute atomic E-state index is 5.73. The largest absolute Gasteiger partial charge is 0.497 e. The van der Waals surface area contributed by atoms with Crippen LogP contribution in [-0.2, 0) is 9.47 Å². The summed E-state index contributed by atoms with van der Waals surface area (Å²) in [6.07, 6.45) is 3.50. The molecule has 170 valence electrons. The molecule has 1 fully saturated rings. The molecule has 1 aliphatic rings. The molecule has 0 aliphatic carbocycles. The van der Waals surface area contributed by atoms with Crippen LogP contribution in [0.1, 0.15) is 44.7 Å². The van der Waals surface area contributed by atoms with Gasteiger partial charge in [-0.1, -0.05) is 26.0 Å². The number of aliphatic imine (C=N–C) groups is 1. The normalized spacial score (nSPS) is 17.9. The summed E-state index contributed by atoms with van der Waals surface area (Å²) < 4.78 is 16.7. The Kier molecular flexibility index (Phi) is 11.6. The Labute approximate surface area is 182 Å². The predicted molar refractivity (Wildman–Crippen MR) is 122 cm³/mol. The van der Waals surface area contributed by atoms with Crippen LogP contribution in [0.25, 0.3) is 0 Å². The smallest absolute Gasteiger partial charge is 0.191 e. The first-order valence-corrected chi connectivity index (χ1v) is 11.2. The van der Waals surface area contributed by atoms with Crippen LogP contribution < -0.4 is 15.4 Å². The molecule has 1 heterocycles. The highest BCUT2D eigenvalue weighted by Crippen LogP contribution is 2.23. The maximum Gasteiger partial charge on any atom is 0.191 e. The average Bonchev–Trinajstić information content (AvgIpc) is 3.31. The lowest BCUT2D eigenvalue weighted by Gasteiger charge is -2.31. The van der Waals surface area contributed by atoms with E-state index in [-0.39, 0.29) is 6.04 Å². The number of methoxy groups -OCH3 is 1. The van der Waals surface area contributed by atoms with E-state index in [9.17, 15) is 0 Å². The van der Waals surface area contributed by atoms with E-state index in [1.165, 1.54) is 5.56 Å². The van der Waals surface area contributed by atoms with E-state index in [1.807, 2.05) is 12.1 Å². The topological polar surface area (TPSA) is 67.4 Å². The predicted octanol–water partition coefficient (Wildman–Crippen LogP) is 2.83. The van der Waals surface area contributed by atoms with E-state index in [0.717, 1.165) is 70.4 Å². The summed E-state index contributed by atoms with van der Waals surface area (Å²) in [6.45, 7) is 10.3. The highest BCUT2D eigenvalue weighted by molar-refractivity contribution is 5.79. The molecule has 2 N–H and O–H groups in total. The summed E-state index contributed by atoms with van der Waals surface area (Å²) >= 11 is 0. The molecule has 7 heteroatoms. The lowest BCUT2D eigenvalue weighted by atomic mass is 10.0. The van der Waals surface area contributed by atoms with Crippen LogP contribution in [0.15, 0.2) is 29.3 Å². The lowest BCUT2D eigenvalue weighted by Crippen LogP contribution is -2.43. The van der Waals surface area contributed by atoms with E-state index in [0.29, 0.717) is 12.7 Å². The molecule has 2 rings (SSSR count). The van der Waals surface area contributed by atoms with Gasteiger partial charge in [0.1, 0.15) is 5.75 Å². The fourth-order valence-corrected chi connectivity index (χ4v) is 3.76. The number of hydrogen-bond donors (Lipinski definition) is 2. The Balaban J connectivity index is 1.78. The number of benzene rings is 1. The van der Waals surface area contributed by atoms with E-state index in [2.05, 4.69) is 46.5 Å². The maximum atomic E-state index is 5.73. The first-order chi connectivity index (χ1) is 14.7. The molecule has 1 saturated heterocycles. The molecule has 0 bridgehead atoms. The van der Waals surface area contributed by atoms with Crippen LogP contribution in [0.5, 0.6) is 5.75 Å².